The van der Waals surface area contributed by atoms with Crippen molar-refractivity contribution in [1.82, 2.24) is 4.98 Å². The quantitative estimate of drug-likeness (QED) is 0.479. The second-order valence-electron chi connectivity index (χ2n) is 6.61. The molecule has 0 aliphatic carbocycles. The summed E-state index contributed by atoms with van der Waals surface area (Å²) >= 11 is 0. The third-order valence-corrected chi connectivity index (χ3v) is 4.05. The average Bonchev–Trinajstić information content (AvgIpc) is 2.60. The summed E-state index contributed by atoms with van der Waals surface area (Å²) in [7, 11) is 0. The third kappa shape index (κ3) is 4.13. The lowest BCUT2D eigenvalue weighted by Crippen LogP contribution is -1.89. The average molecular weight is 325 g/mol. The maximum Gasteiger partial charge on any atom is 0.0715 e. The molecule has 0 bridgehead atoms. The molecule has 0 radical (unpaired) electrons. The monoisotopic (exact) mass is 325 g/mol. The Morgan fingerprint density at radius 3 is 2.28 bits per heavy atom. The third-order valence-electron chi connectivity index (χ3n) is 4.05. The lowest BCUT2D eigenvalue weighted by Gasteiger charge is -2.07. The van der Waals surface area contributed by atoms with Gasteiger partial charge in [0.1, 0.15) is 0 Å². The molecule has 0 saturated heterocycles. The molecule has 0 aliphatic rings. The molecule has 1 aromatic heterocycles. The maximum atomic E-state index is 4.83. The first-order valence-electron chi connectivity index (χ1n) is 8.51. The van der Waals surface area contributed by atoms with Crippen molar-refractivity contribution in [2.45, 2.75) is 20.8 Å². The minimum atomic E-state index is 0.916. The van der Waals surface area contributed by atoms with Gasteiger partial charge < -0.3 is 0 Å². The summed E-state index contributed by atoms with van der Waals surface area (Å²) in [6.07, 6.45) is 4.24. The molecule has 1 heteroatoms. The number of pyridine rings is 1. The molecule has 0 saturated carbocycles. The van der Waals surface area contributed by atoms with E-state index in [1.807, 2.05) is 12.1 Å². The van der Waals surface area contributed by atoms with Crippen molar-refractivity contribution in [2.24, 2.45) is 0 Å². The molecule has 3 rings (SSSR count). The fraction of sp³-hybridized carbons (Fsp3) is 0.125. The lowest BCUT2D eigenvalue weighted by molar-refractivity contribution is 1.33. The molecule has 1 nitrogen and oxygen atoms in total. The molecule has 0 N–H and O–H groups in total. The van der Waals surface area contributed by atoms with Crippen LogP contribution >= 0.6 is 0 Å². The Bertz CT molecular complexity index is 971. The molecule has 0 atom stereocenters. The van der Waals surface area contributed by atoms with Gasteiger partial charge in [0, 0.05) is 5.39 Å². The number of rotatable bonds is 4. The first-order valence-corrected chi connectivity index (χ1v) is 8.51. The first-order chi connectivity index (χ1) is 12.0. The summed E-state index contributed by atoms with van der Waals surface area (Å²) in [5, 5.41) is 1.14. The van der Waals surface area contributed by atoms with Crippen LogP contribution in [0.25, 0.3) is 27.6 Å². The van der Waals surface area contributed by atoms with Crippen molar-refractivity contribution >= 4 is 16.5 Å². The summed E-state index contributed by atoms with van der Waals surface area (Å²) in [5.41, 5.74) is 7.69. The van der Waals surface area contributed by atoms with Crippen LogP contribution in [0.5, 0.6) is 0 Å². The Hall–Kier alpha value is -2.93. The topological polar surface area (TPSA) is 12.9 Å². The first kappa shape index (κ1) is 16.9. The van der Waals surface area contributed by atoms with Crippen molar-refractivity contribution in [1.29, 1.82) is 0 Å². The fourth-order valence-corrected chi connectivity index (χ4v) is 2.95. The SMILES string of the molecule is C=C(/C=C(/C)C=C(C)C)c1ccc2ccc(-c3ccccc3)cc2n1. The predicted octanol–water partition coefficient (Wildman–Crippen LogP) is 6.83. The Kier molecular flexibility index (Phi) is 4.95. The van der Waals surface area contributed by atoms with Crippen LogP contribution in [-0.4, -0.2) is 4.98 Å². The van der Waals surface area contributed by atoms with E-state index in [4.69, 9.17) is 4.98 Å². The number of hydrogen-bond acceptors (Lipinski definition) is 1. The highest BCUT2D eigenvalue weighted by molar-refractivity contribution is 5.86. The zero-order valence-electron chi connectivity index (χ0n) is 15.1. The van der Waals surface area contributed by atoms with Crippen LogP contribution in [0.3, 0.4) is 0 Å². The summed E-state index contributed by atoms with van der Waals surface area (Å²) in [5.74, 6) is 0. The molecule has 0 unspecified atom stereocenters. The highest BCUT2D eigenvalue weighted by Gasteiger charge is 2.04. The molecule has 124 valence electrons. The van der Waals surface area contributed by atoms with E-state index in [9.17, 15) is 0 Å². The van der Waals surface area contributed by atoms with Crippen LogP contribution in [0.4, 0.5) is 0 Å². The van der Waals surface area contributed by atoms with Gasteiger partial charge in [-0.3, -0.25) is 0 Å². The molecule has 0 spiro atoms. The van der Waals surface area contributed by atoms with E-state index in [2.05, 4.69) is 88.0 Å². The van der Waals surface area contributed by atoms with Crippen LogP contribution in [-0.2, 0) is 0 Å². The molecule has 0 aliphatic heterocycles. The van der Waals surface area contributed by atoms with Crippen molar-refractivity contribution in [2.75, 3.05) is 0 Å². The van der Waals surface area contributed by atoms with Gasteiger partial charge in [-0.05, 0) is 49.6 Å². The number of hydrogen-bond donors (Lipinski definition) is 0. The summed E-state index contributed by atoms with van der Waals surface area (Å²) in [4.78, 5) is 4.83. The predicted molar refractivity (Wildman–Crippen MR) is 109 cm³/mol. The summed E-state index contributed by atoms with van der Waals surface area (Å²) < 4.78 is 0. The largest absolute Gasteiger partial charge is 0.248 e. The Balaban J connectivity index is 1.99. The van der Waals surface area contributed by atoms with Crippen molar-refractivity contribution in [3.05, 3.63) is 96.2 Å². The van der Waals surface area contributed by atoms with E-state index < -0.39 is 0 Å². The number of benzene rings is 2. The van der Waals surface area contributed by atoms with Crippen molar-refractivity contribution < 1.29 is 0 Å². The Labute approximate surface area is 150 Å². The number of allylic oxidation sites excluding steroid dienone is 5. The number of fused-ring (bicyclic) bond motifs is 1. The molecule has 0 fully saturated rings. The molecule has 2 aromatic carbocycles. The Morgan fingerprint density at radius 2 is 1.56 bits per heavy atom. The second-order valence-corrected chi connectivity index (χ2v) is 6.61. The zero-order valence-corrected chi connectivity index (χ0v) is 15.1. The van der Waals surface area contributed by atoms with E-state index in [0.29, 0.717) is 0 Å². The molecular formula is C24H23N. The number of aromatic nitrogens is 1. The molecule has 25 heavy (non-hydrogen) atoms. The van der Waals surface area contributed by atoms with Crippen LogP contribution < -0.4 is 0 Å². The van der Waals surface area contributed by atoms with Crippen LogP contribution in [0, 0.1) is 0 Å². The smallest absolute Gasteiger partial charge is 0.0715 e. The van der Waals surface area contributed by atoms with Crippen LogP contribution in [0.1, 0.15) is 26.5 Å². The molecule has 1 heterocycles. The molecule has 0 amide bonds. The van der Waals surface area contributed by atoms with Gasteiger partial charge in [-0.25, -0.2) is 4.98 Å². The van der Waals surface area contributed by atoms with Crippen molar-refractivity contribution in [3.63, 3.8) is 0 Å². The highest BCUT2D eigenvalue weighted by Crippen LogP contribution is 2.25. The summed E-state index contributed by atoms with van der Waals surface area (Å²) in [6, 6.07) is 21.0. The van der Waals surface area contributed by atoms with E-state index >= 15 is 0 Å². The van der Waals surface area contributed by atoms with Gasteiger partial charge in [0.15, 0.2) is 0 Å². The van der Waals surface area contributed by atoms with Gasteiger partial charge in [-0.1, -0.05) is 78.4 Å². The number of nitrogens with zero attached hydrogens (tertiary/aromatic N) is 1. The zero-order chi connectivity index (χ0) is 17.8. The highest BCUT2D eigenvalue weighted by atomic mass is 14.7. The molecule has 3 aromatic rings. The minimum absolute atomic E-state index is 0.916. The fourth-order valence-electron chi connectivity index (χ4n) is 2.95. The summed E-state index contributed by atoms with van der Waals surface area (Å²) in [6.45, 7) is 10.5. The van der Waals surface area contributed by atoms with Gasteiger partial charge >= 0.3 is 0 Å². The van der Waals surface area contributed by atoms with E-state index in [1.54, 1.807) is 0 Å². The Morgan fingerprint density at radius 1 is 0.840 bits per heavy atom. The molecular weight excluding hydrogens is 302 g/mol. The normalized spacial score (nSPS) is 11.4. The lowest BCUT2D eigenvalue weighted by atomic mass is 10.0. The minimum Gasteiger partial charge on any atom is -0.248 e. The van der Waals surface area contributed by atoms with E-state index in [0.717, 1.165) is 22.2 Å². The standard InChI is InChI=1S/C24H23N/c1-17(2)14-18(3)15-19(4)23-13-12-21-10-11-22(16-24(21)25-23)20-8-6-5-7-9-20/h5-16H,4H2,1-3H3/b18-15-. The van der Waals surface area contributed by atoms with E-state index in [-0.39, 0.29) is 0 Å². The van der Waals surface area contributed by atoms with Crippen LogP contribution in [0.15, 0.2) is 90.5 Å². The van der Waals surface area contributed by atoms with Gasteiger partial charge in [-0.2, -0.15) is 0 Å². The second kappa shape index (κ2) is 7.31. The van der Waals surface area contributed by atoms with E-state index in [1.165, 1.54) is 22.3 Å². The maximum absolute atomic E-state index is 4.83. The van der Waals surface area contributed by atoms with Crippen LogP contribution in [0.2, 0.25) is 0 Å². The van der Waals surface area contributed by atoms with Gasteiger partial charge in [0.05, 0.1) is 11.2 Å². The van der Waals surface area contributed by atoms with Crippen molar-refractivity contribution in [3.8, 4) is 11.1 Å². The van der Waals surface area contributed by atoms with Gasteiger partial charge in [0.25, 0.3) is 0 Å². The van der Waals surface area contributed by atoms with Gasteiger partial charge in [0.2, 0.25) is 0 Å². The van der Waals surface area contributed by atoms with Gasteiger partial charge in [-0.15, -0.1) is 0 Å².